The lowest BCUT2D eigenvalue weighted by Gasteiger charge is -2.18. The summed E-state index contributed by atoms with van der Waals surface area (Å²) in [6.07, 6.45) is 1.85. The Labute approximate surface area is 89.1 Å². The summed E-state index contributed by atoms with van der Waals surface area (Å²) in [6.45, 7) is 8.43. The van der Waals surface area contributed by atoms with Crippen molar-refractivity contribution in [2.24, 2.45) is 0 Å². The SMILES string of the molecule is Cc1nc(N)n2ncc(C(C)(C)C)cc12. The van der Waals surface area contributed by atoms with Gasteiger partial charge in [0.2, 0.25) is 5.95 Å². The maximum Gasteiger partial charge on any atom is 0.222 e. The van der Waals surface area contributed by atoms with Gasteiger partial charge in [-0.25, -0.2) is 4.98 Å². The van der Waals surface area contributed by atoms with E-state index in [0.717, 1.165) is 11.2 Å². The Morgan fingerprint density at radius 3 is 2.60 bits per heavy atom. The summed E-state index contributed by atoms with van der Waals surface area (Å²) >= 11 is 0. The van der Waals surface area contributed by atoms with Crippen molar-refractivity contribution in [3.63, 3.8) is 0 Å². The predicted molar refractivity (Wildman–Crippen MR) is 60.8 cm³/mol. The van der Waals surface area contributed by atoms with Crippen molar-refractivity contribution in [2.75, 3.05) is 5.73 Å². The van der Waals surface area contributed by atoms with Crippen LogP contribution in [0.2, 0.25) is 0 Å². The van der Waals surface area contributed by atoms with Gasteiger partial charge in [-0.1, -0.05) is 20.8 Å². The topological polar surface area (TPSA) is 56.2 Å². The lowest BCUT2D eigenvalue weighted by Crippen LogP contribution is -2.12. The van der Waals surface area contributed by atoms with E-state index in [4.69, 9.17) is 5.73 Å². The van der Waals surface area contributed by atoms with Crippen LogP contribution in [0.4, 0.5) is 5.95 Å². The van der Waals surface area contributed by atoms with Crippen LogP contribution >= 0.6 is 0 Å². The van der Waals surface area contributed by atoms with Gasteiger partial charge in [-0.3, -0.25) is 0 Å². The van der Waals surface area contributed by atoms with Crippen LogP contribution in [-0.4, -0.2) is 14.6 Å². The summed E-state index contributed by atoms with van der Waals surface area (Å²) < 4.78 is 1.67. The molecule has 0 aromatic carbocycles. The lowest BCUT2D eigenvalue weighted by molar-refractivity contribution is 0.585. The normalized spacial score (nSPS) is 12.3. The predicted octanol–water partition coefficient (Wildman–Crippen LogP) is 1.92. The highest BCUT2D eigenvalue weighted by Crippen LogP contribution is 2.24. The van der Waals surface area contributed by atoms with Crippen LogP contribution in [0.25, 0.3) is 5.52 Å². The maximum absolute atomic E-state index is 5.73. The van der Waals surface area contributed by atoms with Gasteiger partial charge < -0.3 is 5.73 Å². The number of aryl methyl sites for hydroxylation is 1. The highest BCUT2D eigenvalue weighted by Gasteiger charge is 2.16. The molecule has 0 amide bonds. The van der Waals surface area contributed by atoms with Crippen LogP contribution in [0.3, 0.4) is 0 Å². The molecular weight excluding hydrogens is 188 g/mol. The third-order valence-corrected chi connectivity index (χ3v) is 2.57. The number of imidazole rings is 1. The Hall–Kier alpha value is -1.58. The lowest BCUT2D eigenvalue weighted by atomic mass is 9.88. The van der Waals surface area contributed by atoms with Gasteiger partial charge in [0.15, 0.2) is 0 Å². The Kier molecular flexibility index (Phi) is 1.96. The fraction of sp³-hybridized carbons (Fsp3) is 0.455. The molecule has 0 aliphatic rings. The van der Waals surface area contributed by atoms with Gasteiger partial charge in [0.1, 0.15) is 0 Å². The van der Waals surface area contributed by atoms with Crippen LogP contribution in [0.1, 0.15) is 32.0 Å². The van der Waals surface area contributed by atoms with Crippen molar-refractivity contribution in [3.8, 4) is 0 Å². The van der Waals surface area contributed by atoms with E-state index >= 15 is 0 Å². The second-order valence-electron chi connectivity index (χ2n) is 4.85. The Balaban J connectivity index is 2.71. The Bertz CT molecular complexity index is 505. The monoisotopic (exact) mass is 204 g/mol. The second-order valence-corrected chi connectivity index (χ2v) is 4.85. The van der Waals surface area contributed by atoms with Crippen molar-refractivity contribution in [3.05, 3.63) is 23.5 Å². The van der Waals surface area contributed by atoms with Gasteiger partial charge in [-0.05, 0) is 24.0 Å². The first-order chi connectivity index (χ1) is 6.89. The van der Waals surface area contributed by atoms with E-state index in [1.54, 1.807) is 4.52 Å². The van der Waals surface area contributed by atoms with Crippen molar-refractivity contribution in [2.45, 2.75) is 33.1 Å². The molecule has 0 unspecified atom stereocenters. The first-order valence-corrected chi connectivity index (χ1v) is 5.01. The van der Waals surface area contributed by atoms with Crippen molar-refractivity contribution < 1.29 is 0 Å². The first-order valence-electron chi connectivity index (χ1n) is 5.01. The van der Waals surface area contributed by atoms with Gasteiger partial charge in [-0.15, -0.1) is 0 Å². The number of aromatic nitrogens is 3. The van der Waals surface area contributed by atoms with Crippen LogP contribution in [-0.2, 0) is 5.41 Å². The summed E-state index contributed by atoms with van der Waals surface area (Å²) in [5, 5.41) is 4.30. The molecule has 0 radical (unpaired) electrons. The number of hydrogen-bond donors (Lipinski definition) is 1. The van der Waals surface area contributed by atoms with Crippen molar-refractivity contribution >= 4 is 11.5 Å². The number of nitrogen functional groups attached to an aromatic ring is 1. The van der Waals surface area contributed by atoms with Crippen LogP contribution in [0, 0.1) is 6.92 Å². The van der Waals surface area contributed by atoms with E-state index in [2.05, 4.69) is 36.9 Å². The summed E-state index contributed by atoms with van der Waals surface area (Å²) in [4.78, 5) is 4.19. The average Bonchev–Trinajstić information content (AvgIpc) is 2.41. The molecule has 0 fully saturated rings. The zero-order valence-electron chi connectivity index (χ0n) is 9.57. The number of rotatable bonds is 0. The first kappa shape index (κ1) is 9.96. The largest absolute Gasteiger partial charge is 0.368 e. The molecule has 80 valence electrons. The minimum atomic E-state index is 0.0974. The fourth-order valence-corrected chi connectivity index (χ4v) is 1.55. The highest BCUT2D eigenvalue weighted by molar-refractivity contribution is 5.57. The van der Waals surface area contributed by atoms with Crippen molar-refractivity contribution in [1.82, 2.24) is 14.6 Å². The molecule has 0 atom stereocenters. The molecule has 4 nitrogen and oxygen atoms in total. The summed E-state index contributed by atoms with van der Waals surface area (Å²) in [5.74, 6) is 0.447. The summed E-state index contributed by atoms with van der Waals surface area (Å²) in [7, 11) is 0. The molecule has 0 saturated carbocycles. The maximum atomic E-state index is 5.73. The molecule has 0 saturated heterocycles. The number of anilines is 1. The molecule has 0 spiro atoms. The minimum Gasteiger partial charge on any atom is -0.368 e. The average molecular weight is 204 g/mol. The number of nitrogens with zero attached hydrogens (tertiary/aromatic N) is 3. The van der Waals surface area contributed by atoms with Crippen molar-refractivity contribution in [1.29, 1.82) is 0 Å². The van der Waals surface area contributed by atoms with Gasteiger partial charge in [0, 0.05) is 0 Å². The second kappa shape index (κ2) is 2.95. The molecule has 4 heteroatoms. The van der Waals surface area contributed by atoms with Crippen LogP contribution < -0.4 is 5.73 Å². The smallest absolute Gasteiger partial charge is 0.222 e. The molecule has 2 N–H and O–H groups in total. The van der Waals surface area contributed by atoms with E-state index < -0.39 is 0 Å². The van der Waals surface area contributed by atoms with E-state index in [0.29, 0.717) is 5.95 Å². The highest BCUT2D eigenvalue weighted by atomic mass is 15.3. The molecular formula is C11H16N4. The molecule has 2 aromatic rings. The number of hydrogen-bond acceptors (Lipinski definition) is 3. The number of nitrogens with two attached hydrogens (primary N) is 1. The summed E-state index contributed by atoms with van der Waals surface area (Å²) in [5.41, 5.74) is 8.92. The molecule has 2 heterocycles. The molecule has 0 bridgehead atoms. The fourth-order valence-electron chi connectivity index (χ4n) is 1.55. The third-order valence-electron chi connectivity index (χ3n) is 2.57. The molecule has 15 heavy (non-hydrogen) atoms. The summed E-state index contributed by atoms with van der Waals surface area (Å²) in [6, 6.07) is 2.10. The van der Waals surface area contributed by atoms with Gasteiger partial charge in [-0.2, -0.15) is 9.61 Å². The van der Waals surface area contributed by atoms with Crippen LogP contribution in [0.5, 0.6) is 0 Å². The number of fused-ring (bicyclic) bond motifs is 1. The molecule has 2 aromatic heterocycles. The minimum absolute atomic E-state index is 0.0974. The zero-order chi connectivity index (χ0) is 11.2. The Morgan fingerprint density at radius 2 is 2.00 bits per heavy atom. The third kappa shape index (κ3) is 1.56. The van der Waals surface area contributed by atoms with Crippen LogP contribution in [0.15, 0.2) is 12.3 Å². The van der Waals surface area contributed by atoms with E-state index in [9.17, 15) is 0 Å². The standard InChI is InChI=1S/C11H16N4/c1-7-9-5-8(11(2,3)4)6-13-15(9)10(12)14-7/h5-6H,1-4H3,(H2,12,14). The van der Waals surface area contributed by atoms with E-state index in [-0.39, 0.29) is 5.41 Å². The molecule has 0 aliphatic carbocycles. The van der Waals surface area contributed by atoms with E-state index in [1.165, 1.54) is 5.56 Å². The van der Waals surface area contributed by atoms with Gasteiger partial charge >= 0.3 is 0 Å². The quantitative estimate of drug-likeness (QED) is 0.713. The van der Waals surface area contributed by atoms with Gasteiger partial charge in [0.05, 0.1) is 17.4 Å². The van der Waals surface area contributed by atoms with E-state index in [1.807, 2.05) is 13.1 Å². The Morgan fingerprint density at radius 1 is 1.33 bits per heavy atom. The van der Waals surface area contributed by atoms with Gasteiger partial charge in [0.25, 0.3) is 0 Å². The zero-order valence-corrected chi connectivity index (χ0v) is 9.57. The molecule has 0 aliphatic heterocycles. The molecule has 2 rings (SSSR count).